The summed E-state index contributed by atoms with van der Waals surface area (Å²) < 4.78 is 0. The van der Waals surface area contributed by atoms with Gasteiger partial charge in [0.1, 0.15) is 0 Å². The standard InChI is InChI=1S/C13H25NO3/c1-8(13(4,5)6)7-14-11(15)9(2)10(3)12(16)17/h8-10H,7H2,1-6H3,(H,14,15)(H,16,17). The Morgan fingerprint density at radius 1 is 1.12 bits per heavy atom. The van der Waals surface area contributed by atoms with E-state index in [0.29, 0.717) is 12.5 Å². The fourth-order valence-electron chi connectivity index (χ4n) is 1.16. The Kier molecular flexibility index (Phi) is 5.66. The highest BCUT2D eigenvalue weighted by Gasteiger charge is 2.27. The molecular formula is C13H25NO3. The van der Waals surface area contributed by atoms with Crippen molar-refractivity contribution < 1.29 is 14.7 Å². The van der Waals surface area contributed by atoms with Gasteiger partial charge in [0.15, 0.2) is 0 Å². The topological polar surface area (TPSA) is 66.4 Å². The van der Waals surface area contributed by atoms with Gasteiger partial charge in [-0.25, -0.2) is 0 Å². The Balaban J connectivity index is 4.24. The van der Waals surface area contributed by atoms with Crippen molar-refractivity contribution in [3.8, 4) is 0 Å². The second-order valence-corrected chi connectivity index (χ2v) is 5.93. The van der Waals surface area contributed by atoms with E-state index in [1.807, 2.05) is 0 Å². The predicted octanol–water partition coefficient (Wildman–Crippen LogP) is 2.14. The third-order valence-electron chi connectivity index (χ3n) is 3.61. The zero-order valence-electron chi connectivity index (χ0n) is 11.7. The lowest BCUT2D eigenvalue weighted by Crippen LogP contribution is -2.39. The van der Waals surface area contributed by atoms with Crippen molar-refractivity contribution >= 4 is 11.9 Å². The Morgan fingerprint density at radius 2 is 1.59 bits per heavy atom. The molecule has 0 saturated heterocycles. The van der Waals surface area contributed by atoms with E-state index in [4.69, 9.17) is 5.11 Å². The molecule has 0 aliphatic heterocycles. The number of carboxylic acid groups (broad SMARTS) is 1. The van der Waals surface area contributed by atoms with E-state index in [9.17, 15) is 9.59 Å². The summed E-state index contributed by atoms with van der Waals surface area (Å²) in [5.74, 6) is -1.93. The first-order valence-electron chi connectivity index (χ1n) is 6.08. The summed E-state index contributed by atoms with van der Waals surface area (Å²) in [5, 5.41) is 11.7. The molecule has 4 heteroatoms. The highest BCUT2D eigenvalue weighted by atomic mass is 16.4. The number of carboxylic acids is 1. The van der Waals surface area contributed by atoms with Crippen molar-refractivity contribution in [2.24, 2.45) is 23.2 Å². The molecule has 4 nitrogen and oxygen atoms in total. The van der Waals surface area contributed by atoms with Crippen LogP contribution in [0.2, 0.25) is 0 Å². The van der Waals surface area contributed by atoms with E-state index >= 15 is 0 Å². The van der Waals surface area contributed by atoms with Crippen LogP contribution in [0.15, 0.2) is 0 Å². The Bertz CT molecular complexity index is 281. The summed E-state index contributed by atoms with van der Waals surface area (Å²) in [7, 11) is 0. The minimum absolute atomic E-state index is 0.134. The van der Waals surface area contributed by atoms with E-state index in [1.165, 1.54) is 0 Å². The Morgan fingerprint density at radius 3 is 1.94 bits per heavy atom. The maximum absolute atomic E-state index is 11.7. The minimum Gasteiger partial charge on any atom is -0.481 e. The first-order valence-corrected chi connectivity index (χ1v) is 6.08. The summed E-state index contributed by atoms with van der Waals surface area (Å²) in [6, 6.07) is 0. The molecule has 100 valence electrons. The molecule has 0 saturated carbocycles. The van der Waals surface area contributed by atoms with Gasteiger partial charge in [-0.3, -0.25) is 9.59 Å². The summed E-state index contributed by atoms with van der Waals surface area (Å²) >= 11 is 0. The number of amides is 1. The molecule has 0 rings (SSSR count). The van der Waals surface area contributed by atoms with Crippen LogP contribution in [0.5, 0.6) is 0 Å². The highest BCUT2D eigenvalue weighted by Crippen LogP contribution is 2.24. The molecule has 0 aromatic heterocycles. The summed E-state index contributed by atoms with van der Waals surface area (Å²) in [5.41, 5.74) is 0.134. The predicted molar refractivity (Wildman–Crippen MR) is 67.6 cm³/mol. The van der Waals surface area contributed by atoms with Crippen molar-refractivity contribution in [1.29, 1.82) is 0 Å². The number of aliphatic carboxylic acids is 1. The molecule has 0 aromatic carbocycles. The maximum Gasteiger partial charge on any atom is 0.307 e. The van der Waals surface area contributed by atoms with Gasteiger partial charge in [0.25, 0.3) is 0 Å². The van der Waals surface area contributed by atoms with Crippen LogP contribution < -0.4 is 5.32 Å². The molecule has 0 aromatic rings. The van der Waals surface area contributed by atoms with Gasteiger partial charge in [-0.05, 0) is 11.3 Å². The van der Waals surface area contributed by atoms with E-state index in [1.54, 1.807) is 13.8 Å². The van der Waals surface area contributed by atoms with Crippen LogP contribution in [0.25, 0.3) is 0 Å². The molecule has 0 aliphatic carbocycles. The number of carbonyl (C=O) groups excluding carboxylic acids is 1. The van der Waals surface area contributed by atoms with Crippen LogP contribution in [0.3, 0.4) is 0 Å². The molecule has 2 N–H and O–H groups in total. The highest BCUT2D eigenvalue weighted by molar-refractivity contribution is 5.84. The average Bonchev–Trinajstić information content (AvgIpc) is 2.21. The molecule has 0 fully saturated rings. The average molecular weight is 243 g/mol. The largest absolute Gasteiger partial charge is 0.481 e. The third-order valence-corrected chi connectivity index (χ3v) is 3.61. The number of rotatable bonds is 5. The molecule has 0 bridgehead atoms. The minimum atomic E-state index is -0.934. The molecule has 0 aliphatic rings. The lowest BCUT2D eigenvalue weighted by atomic mass is 9.82. The van der Waals surface area contributed by atoms with Gasteiger partial charge in [-0.15, -0.1) is 0 Å². The SMILES string of the molecule is CC(C(=O)O)C(C)C(=O)NCC(C)C(C)(C)C. The third kappa shape index (κ3) is 5.20. The van der Waals surface area contributed by atoms with Crippen molar-refractivity contribution in [3.05, 3.63) is 0 Å². The van der Waals surface area contributed by atoms with Crippen molar-refractivity contribution in [2.75, 3.05) is 6.54 Å². The lowest BCUT2D eigenvalue weighted by molar-refractivity contribution is -0.146. The summed E-state index contributed by atoms with van der Waals surface area (Å²) in [6.45, 7) is 12.2. The van der Waals surface area contributed by atoms with Gasteiger partial charge in [0, 0.05) is 12.5 Å². The first-order chi connectivity index (χ1) is 7.57. The van der Waals surface area contributed by atoms with Crippen LogP contribution >= 0.6 is 0 Å². The smallest absolute Gasteiger partial charge is 0.307 e. The molecule has 1 amide bonds. The van der Waals surface area contributed by atoms with Gasteiger partial charge in [0.05, 0.1) is 5.92 Å². The summed E-state index contributed by atoms with van der Waals surface area (Å²) in [4.78, 5) is 22.5. The zero-order chi connectivity index (χ0) is 13.8. The second kappa shape index (κ2) is 6.03. The van der Waals surface area contributed by atoms with Gasteiger partial charge >= 0.3 is 5.97 Å². The van der Waals surface area contributed by atoms with Crippen LogP contribution in [0, 0.1) is 23.2 Å². The van der Waals surface area contributed by atoms with Crippen LogP contribution in [0.4, 0.5) is 0 Å². The molecule has 17 heavy (non-hydrogen) atoms. The second-order valence-electron chi connectivity index (χ2n) is 5.93. The first kappa shape index (κ1) is 15.9. The molecule has 3 atom stereocenters. The van der Waals surface area contributed by atoms with Crippen molar-refractivity contribution in [1.82, 2.24) is 5.32 Å². The van der Waals surface area contributed by atoms with Gasteiger partial charge in [0.2, 0.25) is 5.91 Å². The van der Waals surface area contributed by atoms with Crippen LogP contribution in [0.1, 0.15) is 41.5 Å². The number of hydrogen-bond donors (Lipinski definition) is 2. The van der Waals surface area contributed by atoms with Crippen LogP contribution in [-0.4, -0.2) is 23.5 Å². The molecule has 0 radical (unpaired) electrons. The van der Waals surface area contributed by atoms with Crippen molar-refractivity contribution in [3.63, 3.8) is 0 Å². The number of carbonyl (C=O) groups is 2. The Labute approximate surface area is 104 Å². The van der Waals surface area contributed by atoms with Crippen molar-refractivity contribution in [2.45, 2.75) is 41.5 Å². The normalized spacial score (nSPS) is 17.1. The number of nitrogens with one attached hydrogen (secondary N) is 1. The number of hydrogen-bond acceptors (Lipinski definition) is 2. The molecule has 0 spiro atoms. The van der Waals surface area contributed by atoms with Crippen LogP contribution in [-0.2, 0) is 9.59 Å². The molecular weight excluding hydrogens is 218 g/mol. The zero-order valence-corrected chi connectivity index (χ0v) is 11.7. The summed E-state index contributed by atoms with van der Waals surface area (Å²) in [6.07, 6.45) is 0. The maximum atomic E-state index is 11.7. The molecule has 3 unspecified atom stereocenters. The van der Waals surface area contributed by atoms with Gasteiger partial charge in [-0.2, -0.15) is 0 Å². The van der Waals surface area contributed by atoms with Gasteiger partial charge < -0.3 is 10.4 Å². The lowest BCUT2D eigenvalue weighted by Gasteiger charge is -2.28. The fraction of sp³-hybridized carbons (Fsp3) is 0.846. The van der Waals surface area contributed by atoms with E-state index in [2.05, 4.69) is 33.0 Å². The van der Waals surface area contributed by atoms with E-state index in [-0.39, 0.29) is 11.3 Å². The van der Waals surface area contributed by atoms with Gasteiger partial charge in [-0.1, -0.05) is 41.5 Å². The van der Waals surface area contributed by atoms with E-state index in [0.717, 1.165) is 0 Å². The molecule has 0 heterocycles. The van der Waals surface area contributed by atoms with E-state index < -0.39 is 17.8 Å². The quantitative estimate of drug-likeness (QED) is 0.777. The monoisotopic (exact) mass is 243 g/mol. The Hall–Kier alpha value is -1.06. The fourth-order valence-corrected chi connectivity index (χ4v) is 1.16.